The van der Waals surface area contributed by atoms with Crippen LogP contribution in [0.25, 0.3) is 0 Å². The normalized spacial score (nSPS) is 12.2. The predicted molar refractivity (Wildman–Crippen MR) is 73.9 cm³/mol. The molecule has 1 amide bonds. The summed E-state index contributed by atoms with van der Waals surface area (Å²) in [6, 6.07) is 4.44. The molecular weight excluding hydrogens is 275 g/mol. The Bertz CT molecular complexity index is 588. The van der Waals surface area contributed by atoms with Gasteiger partial charge in [-0.05, 0) is 38.5 Å². The molecule has 0 aliphatic heterocycles. The fraction of sp³-hybridized carbons (Fsp3) is 0.400. The van der Waals surface area contributed by atoms with E-state index in [1.807, 2.05) is 0 Å². The number of rotatable bonds is 3. The van der Waals surface area contributed by atoms with E-state index in [9.17, 15) is 14.0 Å². The first-order valence-corrected chi connectivity index (χ1v) is 6.30. The Hall–Kier alpha value is -2.42. The monoisotopic (exact) mass is 292 g/mol. The standard InChI is InChI=1S/C15H17FN2O3/c1-15(2,3)21-14(20)18(4)13(9-19)10-5-6-12(16)11(7-10)8-17/h5-7,9,13H,1-4H3. The molecule has 1 aromatic rings. The van der Waals surface area contributed by atoms with Crippen molar-refractivity contribution in [1.82, 2.24) is 4.90 Å². The Kier molecular flexibility index (Phi) is 5.03. The number of aldehydes is 1. The number of hydrogen-bond acceptors (Lipinski definition) is 4. The minimum Gasteiger partial charge on any atom is -0.444 e. The van der Waals surface area contributed by atoms with Gasteiger partial charge in [-0.2, -0.15) is 5.26 Å². The van der Waals surface area contributed by atoms with Crippen molar-refractivity contribution in [2.24, 2.45) is 0 Å². The van der Waals surface area contributed by atoms with Gasteiger partial charge in [0.1, 0.15) is 29.8 Å². The van der Waals surface area contributed by atoms with E-state index in [4.69, 9.17) is 10.00 Å². The summed E-state index contributed by atoms with van der Waals surface area (Å²) < 4.78 is 18.5. The third kappa shape index (κ3) is 4.28. The van der Waals surface area contributed by atoms with Crippen LogP contribution in [-0.4, -0.2) is 29.9 Å². The lowest BCUT2D eigenvalue weighted by Crippen LogP contribution is -2.37. The van der Waals surface area contributed by atoms with Crippen LogP contribution in [0.2, 0.25) is 0 Å². The minimum atomic E-state index is -0.951. The maximum absolute atomic E-state index is 13.3. The second kappa shape index (κ2) is 6.35. The second-order valence-corrected chi connectivity index (χ2v) is 5.52. The molecule has 1 atom stereocenters. The summed E-state index contributed by atoms with van der Waals surface area (Å²) in [7, 11) is 1.41. The van der Waals surface area contributed by atoms with Gasteiger partial charge in [-0.1, -0.05) is 6.07 Å². The van der Waals surface area contributed by atoms with E-state index in [2.05, 4.69) is 0 Å². The number of halogens is 1. The van der Waals surface area contributed by atoms with E-state index in [0.29, 0.717) is 11.8 Å². The molecule has 0 heterocycles. The molecule has 0 aliphatic rings. The molecule has 6 heteroatoms. The summed E-state index contributed by atoms with van der Waals surface area (Å²) in [5, 5.41) is 8.81. The number of carbonyl (C=O) groups excluding carboxylic acids is 2. The molecule has 1 aromatic carbocycles. The second-order valence-electron chi connectivity index (χ2n) is 5.52. The number of ether oxygens (including phenoxy) is 1. The number of hydrogen-bond donors (Lipinski definition) is 0. The molecule has 0 spiro atoms. The first-order valence-electron chi connectivity index (χ1n) is 6.30. The molecule has 1 rings (SSSR count). The fourth-order valence-electron chi connectivity index (χ4n) is 1.65. The van der Waals surface area contributed by atoms with Crippen molar-refractivity contribution in [3.63, 3.8) is 0 Å². The van der Waals surface area contributed by atoms with Gasteiger partial charge in [-0.25, -0.2) is 9.18 Å². The smallest absolute Gasteiger partial charge is 0.410 e. The Morgan fingerprint density at radius 3 is 2.57 bits per heavy atom. The molecule has 0 fully saturated rings. The van der Waals surface area contributed by atoms with Crippen molar-refractivity contribution in [2.75, 3.05) is 7.05 Å². The summed E-state index contributed by atoms with van der Waals surface area (Å²) in [6.07, 6.45) is -0.138. The zero-order valence-electron chi connectivity index (χ0n) is 12.4. The van der Waals surface area contributed by atoms with Crippen LogP contribution < -0.4 is 0 Å². The molecule has 0 aromatic heterocycles. The number of nitrogens with zero attached hydrogens (tertiary/aromatic N) is 2. The maximum Gasteiger partial charge on any atom is 0.410 e. The Balaban J connectivity index is 3.05. The number of benzene rings is 1. The van der Waals surface area contributed by atoms with E-state index in [1.165, 1.54) is 19.2 Å². The van der Waals surface area contributed by atoms with Gasteiger partial charge in [0.15, 0.2) is 0 Å². The number of amides is 1. The topological polar surface area (TPSA) is 70.4 Å². The lowest BCUT2D eigenvalue weighted by molar-refractivity contribution is -0.112. The molecule has 0 radical (unpaired) electrons. The molecule has 112 valence electrons. The summed E-state index contributed by atoms with van der Waals surface area (Å²) in [5.74, 6) is -0.675. The van der Waals surface area contributed by atoms with E-state index >= 15 is 0 Å². The first kappa shape index (κ1) is 16.6. The van der Waals surface area contributed by atoms with Crippen molar-refractivity contribution >= 4 is 12.4 Å². The molecule has 0 bridgehead atoms. The molecule has 0 saturated heterocycles. The molecule has 0 saturated carbocycles. The van der Waals surface area contributed by atoms with Crippen molar-refractivity contribution in [2.45, 2.75) is 32.4 Å². The van der Waals surface area contributed by atoms with Gasteiger partial charge in [0, 0.05) is 7.05 Å². The number of carbonyl (C=O) groups is 2. The molecular formula is C15H17FN2O3. The van der Waals surface area contributed by atoms with E-state index < -0.39 is 23.6 Å². The van der Waals surface area contributed by atoms with Gasteiger partial charge < -0.3 is 9.53 Å². The number of likely N-dealkylation sites (N-methyl/N-ethyl adjacent to an activating group) is 1. The van der Waals surface area contributed by atoms with Crippen LogP contribution >= 0.6 is 0 Å². The summed E-state index contributed by atoms with van der Waals surface area (Å²) in [6.45, 7) is 5.13. The highest BCUT2D eigenvalue weighted by molar-refractivity contribution is 5.74. The highest BCUT2D eigenvalue weighted by atomic mass is 19.1. The molecule has 0 aliphatic carbocycles. The van der Waals surface area contributed by atoms with E-state index in [0.717, 1.165) is 11.0 Å². The molecule has 1 unspecified atom stereocenters. The van der Waals surface area contributed by atoms with Gasteiger partial charge >= 0.3 is 6.09 Å². The molecule has 0 N–H and O–H groups in total. The van der Waals surface area contributed by atoms with Crippen LogP contribution in [0.1, 0.15) is 37.9 Å². The van der Waals surface area contributed by atoms with E-state index in [1.54, 1.807) is 26.8 Å². The number of nitriles is 1. The van der Waals surface area contributed by atoms with Crippen LogP contribution in [0.15, 0.2) is 18.2 Å². The Morgan fingerprint density at radius 1 is 1.48 bits per heavy atom. The summed E-state index contributed by atoms with van der Waals surface area (Å²) in [4.78, 5) is 24.3. The zero-order chi connectivity index (χ0) is 16.2. The lowest BCUT2D eigenvalue weighted by atomic mass is 10.0. The molecule has 5 nitrogen and oxygen atoms in total. The van der Waals surface area contributed by atoms with Crippen LogP contribution in [0, 0.1) is 17.1 Å². The van der Waals surface area contributed by atoms with Crippen molar-refractivity contribution in [3.05, 3.63) is 35.1 Å². The van der Waals surface area contributed by atoms with Gasteiger partial charge in [0.25, 0.3) is 0 Å². The SMILES string of the molecule is CN(C(=O)OC(C)(C)C)C(C=O)c1ccc(F)c(C#N)c1. The lowest BCUT2D eigenvalue weighted by Gasteiger charge is -2.28. The molecule has 21 heavy (non-hydrogen) atoms. The predicted octanol–water partition coefficient (Wildman–Crippen LogP) is 2.80. The zero-order valence-corrected chi connectivity index (χ0v) is 12.4. The summed E-state index contributed by atoms with van der Waals surface area (Å²) in [5.41, 5.74) is -0.535. The first-order chi connectivity index (χ1) is 9.69. The van der Waals surface area contributed by atoms with Crippen LogP contribution in [-0.2, 0) is 9.53 Å². The minimum absolute atomic E-state index is 0.183. The highest BCUT2D eigenvalue weighted by Gasteiger charge is 2.26. The van der Waals surface area contributed by atoms with Gasteiger partial charge in [-0.3, -0.25) is 4.90 Å². The maximum atomic E-state index is 13.3. The van der Waals surface area contributed by atoms with Crippen LogP contribution in [0.3, 0.4) is 0 Å². The van der Waals surface area contributed by atoms with Crippen LogP contribution in [0.5, 0.6) is 0 Å². The van der Waals surface area contributed by atoms with Crippen LogP contribution in [0.4, 0.5) is 9.18 Å². The third-order valence-corrected chi connectivity index (χ3v) is 2.68. The average molecular weight is 292 g/mol. The van der Waals surface area contributed by atoms with Gasteiger partial charge in [0.2, 0.25) is 0 Å². The van der Waals surface area contributed by atoms with Crippen molar-refractivity contribution in [1.29, 1.82) is 5.26 Å². The van der Waals surface area contributed by atoms with Crippen molar-refractivity contribution < 1.29 is 18.7 Å². The quantitative estimate of drug-likeness (QED) is 0.803. The Morgan fingerprint density at radius 2 is 2.10 bits per heavy atom. The average Bonchev–Trinajstić information content (AvgIpc) is 2.39. The van der Waals surface area contributed by atoms with Crippen molar-refractivity contribution in [3.8, 4) is 6.07 Å². The summed E-state index contributed by atoms with van der Waals surface area (Å²) >= 11 is 0. The highest BCUT2D eigenvalue weighted by Crippen LogP contribution is 2.22. The van der Waals surface area contributed by atoms with E-state index in [-0.39, 0.29) is 5.56 Å². The van der Waals surface area contributed by atoms with Gasteiger partial charge in [0.05, 0.1) is 5.56 Å². The van der Waals surface area contributed by atoms with Gasteiger partial charge in [-0.15, -0.1) is 0 Å². The Labute approximate surface area is 122 Å². The largest absolute Gasteiger partial charge is 0.444 e. The third-order valence-electron chi connectivity index (χ3n) is 2.68. The fourth-order valence-corrected chi connectivity index (χ4v) is 1.65.